The number of nitrogens with two attached hydrogens (primary N) is 1. The Kier molecular flexibility index (Phi) is 10.2. The third kappa shape index (κ3) is 7.31. The lowest BCUT2D eigenvalue weighted by molar-refractivity contribution is -0.0420. The molecule has 13 heteroatoms. The van der Waals surface area contributed by atoms with Gasteiger partial charge in [-0.25, -0.2) is 14.7 Å². The van der Waals surface area contributed by atoms with Crippen LogP contribution in [-0.2, 0) is 13.7 Å². The number of hydrogen-bond donors (Lipinski definition) is 2. The molecule has 1 aliphatic heterocycles. The number of aromatic nitrogens is 3. The summed E-state index contributed by atoms with van der Waals surface area (Å²) in [7, 11) is -5.29. The van der Waals surface area contributed by atoms with Gasteiger partial charge in [-0.3, -0.25) is 4.57 Å². The van der Waals surface area contributed by atoms with Crippen LogP contribution in [0.5, 0.6) is 0 Å². The van der Waals surface area contributed by atoms with Crippen LogP contribution >= 0.6 is 7.87 Å². The van der Waals surface area contributed by atoms with Crippen LogP contribution in [-0.4, -0.2) is 69.5 Å². The Morgan fingerprint density at radius 3 is 2.47 bits per heavy atom. The van der Waals surface area contributed by atoms with Crippen LogP contribution in [0.4, 0.5) is 5.95 Å². The van der Waals surface area contributed by atoms with Gasteiger partial charge in [0.25, 0.3) is 0 Å². The molecule has 0 aromatic carbocycles. The molecule has 204 valence electrons. The van der Waals surface area contributed by atoms with E-state index in [4.69, 9.17) is 19.4 Å². The number of nitriles is 1. The number of anilines is 1. The molecule has 4 atom stereocenters. The second-order valence-corrected chi connectivity index (χ2v) is 18.6. The summed E-state index contributed by atoms with van der Waals surface area (Å²) in [5.74, 6) is -0.110. The Balaban J connectivity index is 2.41. The van der Waals surface area contributed by atoms with Crippen LogP contribution in [0.15, 0.2) is 11.1 Å². The predicted molar refractivity (Wildman–Crippen MR) is 144 cm³/mol. The molecule has 1 unspecified atom stereocenters. The molecule has 1 aromatic rings. The number of hydrogen-bond acceptors (Lipinski definition) is 10. The molecule has 1 aliphatic rings. The van der Waals surface area contributed by atoms with Crippen molar-refractivity contribution in [3.8, 4) is 6.07 Å². The van der Waals surface area contributed by atoms with Gasteiger partial charge in [0.2, 0.25) is 5.95 Å². The minimum atomic E-state index is -3.18. The molecule has 3 N–H and O–H groups in total. The average molecular weight is 544 g/mol. The van der Waals surface area contributed by atoms with Crippen molar-refractivity contribution in [2.24, 2.45) is 0 Å². The maximum atomic E-state index is 12.5. The fourth-order valence-electron chi connectivity index (χ4n) is 4.15. The number of nitrogens with zero attached hydrogens (tertiary/aromatic N) is 5. The van der Waals surface area contributed by atoms with E-state index >= 15 is 0 Å². The highest BCUT2D eigenvalue weighted by molar-refractivity contribution is 7.63. The summed E-state index contributed by atoms with van der Waals surface area (Å²) in [4.78, 5) is 32.1. The van der Waals surface area contributed by atoms with Crippen molar-refractivity contribution >= 4 is 22.1 Å². The Bertz CT molecular complexity index is 971. The summed E-state index contributed by atoms with van der Waals surface area (Å²) in [6, 6.07) is 2.13. The standard InChI is InChI=1S/C23H43N6O5PSi/c1-16(2)29(17(3)4)35(31,12-10-11-24)34-18-13-20(28-15-26-21(25)27-22(28)30)33-19(18)14-32-36(8,9)23(5,6)7/h15-20,31H,10,12-14H2,1-9H3,(H-,25,27,30)/p+1/t18-,19+,20+,35?/m0/s1. The second-order valence-electron chi connectivity index (χ2n) is 11.3. The summed E-state index contributed by atoms with van der Waals surface area (Å²) in [5, 5.41) is 9.27. The van der Waals surface area contributed by atoms with E-state index in [-0.39, 0.29) is 48.7 Å². The monoisotopic (exact) mass is 543 g/mol. The van der Waals surface area contributed by atoms with Crippen LogP contribution in [0.1, 0.15) is 67.5 Å². The molecule has 0 spiro atoms. The summed E-state index contributed by atoms with van der Waals surface area (Å²) in [5.41, 5.74) is 4.99. The lowest BCUT2D eigenvalue weighted by Gasteiger charge is -2.38. The van der Waals surface area contributed by atoms with Gasteiger partial charge in [-0.05, 0) is 45.8 Å². The van der Waals surface area contributed by atoms with E-state index in [1.165, 1.54) is 10.9 Å². The van der Waals surface area contributed by atoms with E-state index < -0.39 is 40.3 Å². The Morgan fingerprint density at radius 1 is 1.36 bits per heavy atom. The van der Waals surface area contributed by atoms with Crippen molar-refractivity contribution in [3.05, 3.63) is 16.8 Å². The quantitative estimate of drug-likeness (QED) is 0.312. The van der Waals surface area contributed by atoms with Gasteiger partial charge in [0.1, 0.15) is 30.9 Å². The minimum Gasteiger partial charge on any atom is -0.414 e. The number of nitrogen functional groups attached to an aromatic ring is 1. The van der Waals surface area contributed by atoms with E-state index in [9.17, 15) is 14.9 Å². The van der Waals surface area contributed by atoms with Crippen LogP contribution < -0.4 is 11.4 Å². The molecule has 1 fully saturated rings. The van der Waals surface area contributed by atoms with Gasteiger partial charge in [0.15, 0.2) is 8.32 Å². The average Bonchev–Trinajstić information content (AvgIpc) is 3.11. The highest BCUT2D eigenvalue weighted by Gasteiger charge is 2.54. The highest BCUT2D eigenvalue weighted by Crippen LogP contribution is 2.63. The zero-order valence-corrected chi connectivity index (χ0v) is 25.0. The molecule has 0 saturated carbocycles. The first-order valence-corrected chi connectivity index (χ1v) is 17.2. The lowest BCUT2D eigenvalue weighted by atomic mass is 10.2. The van der Waals surface area contributed by atoms with E-state index in [0.29, 0.717) is 0 Å². The third-order valence-corrected chi connectivity index (χ3v) is 14.4. The molecule has 1 saturated heterocycles. The molecule has 36 heavy (non-hydrogen) atoms. The Labute approximate surface area is 216 Å². The molecular formula is C23H44N6O5PSi+. The first-order valence-electron chi connectivity index (χ1n) is 12.5. The largest absolute Gasteiger partial charge is 0.414 e. The molecular weight excluding hydrogens is 499 g/mol. The van der Waals surface area contributed by atoms with Crippen molar-refractivity contribution in [2.75, 3.05) is 18.5 Å². The van der Waals surface area contributed by atoms with E-state index in [0.717, 1.165) is 0 Å². The van der Waals surface area contributed by atoms with Gasteiger partial charge in [-0.15, -0.1) is 4.67 Å². The van der Waals surface area contributed by atoms with Crippen LogP contribution in [0.25, 0.3) is 0 Å². The zero-order valence-electron chi connectivity index (χ0n) is 23.1. The molecule has 2 heterocycles. The normalized spacial score (nSPS) is 22.8. The van der Waals surface area contributed by atoms with Gasteiger partial charge in [0.05, 0.1) is 19.1 Å². The molecule has 11 nitrogen and oxygen atoms in total. The minimum absolute atomic E-state index is 0.00425. The Hall–Kier alpha value is -1.45. The predicted octanol–water partition coefficient (Wildman–Crippen LogP) is 3.70. The fourth-order valence-corrected chi connectivity index (χ4v) is 8.09. The fraction of sp³-hybridized carbons (Fsp3) is 0.826. The summed E-state index contributed by atoms with van der Waals surface area (Å²) in [6.45, 7) is 19.0. The van der Waals surface area contributed by atoms with Crippen LogP contribution in [0.3, 0.4) is 0 Å². The van der Waals surface area contributed by atoms with Gasteiger partial charge < -0.3 is 14.9 Å². The molecule has 0 aliphatic carbocycles. The topological polar surface area (TPSA) is 149 Å². The van der Waals surface area contributed by atoms with E-state index in [1.807, 2.05) is 32.4 Å². The first kappa shape index (κ1) is 30.8. The van der Waals surface area contributed by atoms with Crippen LogP contribution in [0.2, 0.25) is 18.1 Å². The second kappa shape index (κ2) is 11.9. The highest BCUT2D eigenvalue weighted by atomic mass is 31.2. The third-order valence-electron chi connectivity index (χ3n) is 6.89. The summed E-state index contributed by atoms with van der Waals surface area (Å²) >= 11 is 0. The van der Waals surface area contributed by atoms with Crippen molar-refractivity contribution < 1.29 is 18.6 Å². The van der Waals surface area contributed by atoms with Crippen molar-refractivity contribution in [2.45, 2.75) is 110 Å². The Morgan fingerprint density at radius 2 is 1.97 bits per heavy atom. The maximum Gasteiger partial charge on any atom is 0.354 e. The van der Waals surface area contributed by atoms with E-state index in [2.05, 4.69) is 49.9 Å². The SMILES string of the molecule is CC(C)N(C(C)C)[P+](O)(CCC#N)O[C@H]1C[C@H](n2cnc(N)nc2=O)O[C@@H]1CO[Si](C)(C)C(C)(C)C. The molecule has 1 aromatic heterocycles. The van der Waals surface area contributed by atoms with Gasteiger partial charge in [0, 0.05) is 18.5 Å². The van der Waals surface area contributed by atoms with Crippen molar-refractivity contribution in [1.29, 1.82) is 5.26 Å². The van der Waals surface area contributed by atoms with E-state index in [1.54, 1.807) is 0 Å². The first-order chi connectivity index (χ1) is 16.5. The zero-order chi connectivity index (χ0) is 27.5. The smallest absolute Gasteiger partial charge is 0.354 e. The van der Waals surface area contributed by atoms with Gasteiger partial charge in [-0.2, -0.15) is 14.8 Å². The maximum absolute atomic E-state index is 12.5. The molecule has 0 amide bonds. The van der Waals surface area contributed by atoms with Crippen molar-refractivity contribution in [3.63, 3.8) is 0 Å². The molecule has 0 bridgehead atoms. The lowest BCUT2D eigenvalue weighted by Crippen LogP contribution is -2.45. The van der Waals surface area contributed by atoms with Crippen molar-refractivity contribution in [1.82, 2.24) is 19.2 Å². The summed E-state index contributed by atoms with van der Waals surface area (Å²) < 4.78 is 22.5. The molecule has 2 rings (SSSR count). The van der Waals surface area contributed by atoms with Gasteiger partial charge >= 0.3 is 13.6 Å². The van der Waals surface area contributed by atoms with Crippen LogP contribution in [0, 0.1) is 11.3 Å². The molecule has 0 radical (unpaired) electrons. The van der Waals surface area contributed by atoms with Gasteiger partial charge in [-0.1, -0.05) is 20.8 Å². The summed E-state index contributed by atoms with van der Waals surface area (Å²) in [6.07, 6.45) is 0.166. The number of ether oxygens (including phenoxy) is 1. The number of rotatable bonds is 11.